The van der Waals surface area contributed by atoms with Crippen LogP contribution in [-0.2, 0) is 0 Å². The van der Waals surface area contributed by atoms with Crippen LogP contribution in [0, 0.1) is 6.92 Å². The Labute approximate surface area is 202 Å². The molecule has 2 aromatic heterocycles. The second kappa shape index (κ2) is 8.54. The smallest absolute Gasteiger partial charge is 0.264 e. The summed E-state index contributed by atoms with van der Waals surface area (Å²) in [6.07, 6.45) is 1.96. The number of fused-ring (bicyclic) bond motifs is 1. The van der Waals surface area contributed by atoms with Gasteiger partial charge in [-0.05, 0) is 43.3 Å². The summed E-state index contributed by atoms with van der Waals surface area (Å²) in [5, 5.41) is 4.95. The molecule has 0 atom stereocenters. The van der Waals surface area contributed by atoms with Crippen molar-refractivity contribution >= 4 is 16.9 Å². The number of aromatic nitrogens is 4. The molecule has 168 valence electrons. The molecule has 0 bridgehead atoms. The van der Waals surface area contributed by atoms with Crippen LogP contribution in [0.25, 0.3) is 39.4 Å². The van der Waals surface area contributed by atoms with E-state index in [4.69, 9.17) is 10.1 Å². The van der Waals surface area contributed by atoms with Gasteiger partial charge in [-0.3, -0.25) is 9.36 Å². The predicted molar refractivity (Wildman–Crippen MR) is 139 cm³/mol. The maximum absolute atomic E-state index is 13.8. The summed E-state index contributed by atoms with van der Waals surface area (Å²) in [5.74, 6) is 0.439. The minimum Gasteiger partial charge on any atom is -0.268 e. The van der Waals surface area contributed by atoms with E-state index in [0.29, 0.717) is 11.4 Å². The van der Waals surface area contributed by atoms with Crippen molar-refractivity contribution in [3.63, 3.8) is 0 Å². The molecule has 0 aliphatic heterocycles. The first-order valence-corrected chi connectivity index (χ1v) is 11.5. The van der Waals surface area contributed by atoms with Crippen LogP contribution in [0.2, 0.25) is 0 Å². The Hall–Kier alpha value is -4.77. The predicted octanol–water partition coefficient (Wildman–Crippen LogP) is 6.55. The van der Waals surface area contributed by atoms with E-state index < -0.39 is 0 Å². The number of rotatable bonds is 4. The van der Waals surface area contributed by atoms with Crippen LogP contribution in [0.3, 0.4) is 0 Å². The fraction of sp³-hybridized carbons (Fsp3) is 0.0333. The molecule has 0 saturated heterocycles. The van der Waals surface area contributed by atoms with Crippen LogP contribution < -0.4 is 0 Å². The van der Waals surface area contributed by atoms with Crippen molar-refractivity contribution in [3.05, 3.63) is 127 Å². The van der Waals surface area contributed by atoms with E-state index in [9.17, 15) is 4.79 Å². The van der Waals surface area contributed by atoms with E-state index in [1.54, 1.807) is 4.57 Å². The SMILES string of the molecule is Cc1ccc(-c2nn(-c3ccccc3)cc2-c2nc3ccccc3n2C(=O)c2ccccc2)cc1. The third kappa shape index (κ3) is 3.73. The van der Waals surface area contributed by atoms with Crippen LogP contribution in [0.4, 0.5) is 0 Å². The maximum Gasteiger partial charge on any atom is 0.264 e. The van der Waals surface area contributed by atoms with E-state index in [1.807, 2.05) is 95.8 Å². The Kier molecular flexibility index (Phi) is 5.08. The number of carbonyl (C=O) groups is 1. The van der Waals surface area contributed by atoms with E-state index in [-0.39, 0.29) is 5.91 Å². The van der Waals surface area contributed by atoms with Crippen LogP contribution in [0.1, 0.15) is 15.9 Å². The quantitative estimate of drug-likeness (QED) is 0.303. The van der Waals surface area contributed by atoms with Crippen molar-refractivity contribution in [2.75, 3.05) is 0 Å². The Bertz CT molecular complexity index is 1650. The van der Waals surface area contributed by atoms with Gasteiger partial charge in [0.15, 0.2) is 5.82 Å². The summed E-state index contributed by atoms with van der Waals surface area (Å²) < 4.78 is 3.55. The number of imidazole rings is 1. The molecule has 0 radical (unpaired) electrons. The Morgan fingerprint density at radius 2 is 1.40 bits per heavy atom. The molecule has 0 fully saturated rings. The number of carbonyl (C=O) groups excluding carboxylic acids is 1. The summed E-state index contributed by atoms with van der Waals surface area (Å²) in [6.45, 7) is 2.06. The lowest BCUT2D eigenvalue weighted by molar-refractivity contribution is 0.0966. The van der Waals surface area contributed by atoms with Crippen LogP contribution in [-0.4, -0.2) is 25.2 Å². The summed E-state index contributed by atoms with van der Waals surface area (Å²) in [5.41, 5.74) is 6.75. The minimum absolute atomic E-state index is 0.128. The second-order valence-corrected chi connectivity index (χ2v) is 8.47. The largest absolute Gasteiger partial charge is 0.268 e. The minimum atomic E-state index is -0.128. The average Bonchev–Trinajstić information content (AvgIpc) is 3.52. The third-order valence-corrected chi connectivity index (χ3v) is 6.09. The zero-order chi connectivity index (χ0) is 23.8. The Balaban J connectivity index is 1.63. The molecule has 2 heterocycles. The van der Waals surface area contributed by atoms with Crippen molar-refractivity contribution in [1.82, 2.24) is 19.3 Å². The van der Waals surface area contributed by atoms with Crippen LogP contribution in [0.5, 0.6) is 0 Å². The molecule has 5 nitrogen and oxygen atoms in total. The molecule has 6 rings (SSSR count). The summed E-state index contributed by atoms with van der Waals surface area (Å²) in [6, 6.07) is 35.2. The molecule has 5 heteroatoms. The fourth-order valence-corrected chi connectivity index (χ4v) is 4.30. The Morgan fingerprint density at radius 3 is 2.14 bits per heavy atom. The van der Waals surface area contributed by atoms with E-state index in [1.165, 1.54) is 5.56 Å². The molecule has 4 aromatic carbocycles. The first-order chi connectivity index (χ1) is 17.2. The first-order valence-electron chi connectivity index (χ1n) is 11.5. The van der Waals surface area contributed by atoms with Crippen LogP contribution in [0.15, 0.2) is 115 Å². The van der Waals surface area contributed by atoms with Crippen molar-refractivity contribution in [3.8, 4) is 28.3 Å². The highest BCUT2D eigenvalue weighted by Gasteiger charge is 2.24. The van der Waals surface area contributed by atoms with Gasteiger partial charge in [0.2, 0.25) is 0 Å². The summed E-state index contributed by atoms with van der Waals surface area (Å²) >= 11 is 0. The van der Waals surface area contributed by atoms with E-state index >= 15 is 0 Å². The number of nitrogens with zero attached hydrogens (tertiary/aromatic N) is 4. The van der Waals surface area contributed by atoms with Gasteiger partial charge in [-0.1, -0.05) is 78.4 Å². The molecule has 0 saturated carbocycles. The second-order valence-electron chi connectivity index (χ2n) is 8.47. The van der Waals surface area contributed by atoms with Gasteiger partial charge in [-0.15, -0.1) is 0 Å². The zero-order valence-corrected chi connectivity index (χ0v) is 19.2. The van der Waals surface area contributed by atoms with E-state index in [0.717, 1.165) is 33.5 Å². The summed E-state index contributed by atoms with van der Waals surface area (Å²) in [4.78, 5) is 18.7. The molecule has 6 aromatic rings. The van der Waals surface area contributed by atoms with Crippen LogP contribution >= 0.6 is 0 Å². The molecule has 0 aliphatic carbocycles. The summed E-state index contributed by atoms with van der Waals surface area (Å²) in [7, 11) is 0. The lowest BCUT2D eigenvalue weighted by atomic mass is 10.1. The van der Waals surface area contributed by atoms with Gasteiger partial charge in [0.1, 0.15) is 5.69 Å². The van der Waals surface area contributed by atoms with Gasteiger partial charge in [-0.25, -0.2) is 9.67 Å². The van der Waals surface area contributed by atoms with Gasteiger partial charge in [-0.2, -0.15) is 5.10 Å². The van der Waals surface area contributed by atoms with E-state index in [2.05, 4.69) is 31.2 Å². The molecular formula is C30H22N4O. The first kappa shape index (κ1) is 20.8. The number of hydrogen-bond acceptors (Lipinski definition) is 3. The van der Waals surface area contributed by atoms with Gasteiger partial charge in [0, 0.05) is 17.3 Å². The monoisotopic (exact) mass is 454 g/mol. The number of hydrogen-bond donors (Lipinski definition) is 0. The molecule has 0 N–H and O–H groups in total. The molecule has 0 unspecified atom stereocenters. The van der Waals surface area contributed by atoms with Crippen molar-refractivity contribution < 1.29 is 4.79 Å². The third-order valence-electron chi connectivity index (χ3n) is 6.09. The normalized spacial score (nSPS) is 11.1. The molecule has 0 amide bonds. The highest BCUT2D eigenvalue weighted by atomic mass is 16.2. The maximum atomic E-state index is 13.8. The highest BCUT2D eigenvalue weighted by Crippen LogP contribution is 2.34. The molecule has 0 spiro atoms. The fourth-order valence-electron chi connectivity index (χ4n) is 4.30. The lowest BCUT2D eigenvalue weighted by Gasteiger charge is -2.08. The molecule has 0 aliphatic rings. The van der Waals surface area contributed by atoms with Crippen molar-refractivity contribution in [2.45, 2.75) is 6.92 Å². The van der Waals surface area contributed by atoms with Gasteiger partial charge in [0.25, 0.3) is 5.91 Å². The topological polar surface area (TPSA) is 52.7 Å². The highest BCUT2D eigenvalue weighted by molar-refractivity contribution is 6.04. The Morgan fingerprint density at radius 1 is 0.743 bits per heavy atom. The van der Waals surface area contributed by atoms with Gasteiger partial charge in [0.05, 0.1) is 22.3 Å². The van der Waals surface area contributed by atoms with Gasteiger partial charge >= 0.3 is 0 Å². The van der Waals surface area contributed by atoms with Crippen molar-refractivity contribution in [2.24, 2.45) is 0 Å². The number of aryl methyl sites for hydroxylation is 1. The van der Waals surface area contributed by atoms with Crippen molar-refractivity contribution in [1.29, 1.82) is 0 Å². The molecular weight excluding hydrogens is 432 g/mol. The average molecular weight is 455 g/mol. The number of benzene rings is 4. The molecule has 35 heavy (non-hydrogen) atoms. The van der Waals surface area contributed by atoms with Gasteiger partial charge < -0.3 is 0 Å². The standard InChI is InChI=1S/C30H22N4O/c1-21-16-18-22(19-17-21)28-25(20-33(32-28)24-12-6-3-7-13-24)29-31-26-14-8-9-15-27(26)34(29)30(35)23-10-4-2-5-11-23/h2-20H,1H3. The lowest BCUT2D eigenvalue weighted by Crippen LogP contribution is -2.13. The number of para-hydroxylation sites is 3. The zero-order valence-electron chi connectivity index (χ0n) is 19.2.